The fourth-order valence-corrected chi connectivity index (χ4v) is 6.37. The highest BCUT2D eigenvalue weighted by atomic mass is 35.5. The van der Waals surface area contributed by atoms with Gasteiger partial charge in [-0.05, 0) is 64.4 Å². The SMILES string of the molecule is C=C(CN(C)C)C(=O)CC[C@@H](NC(=O)[C@@H](CC(C)=O)Cc1nc2ccc(Cl)cc2s1)C1CCCCC1. The number of Topliss-reactive ketones (excluding diaryl/α,β-unsaturated/α-hetero) is 2. The Hall–Kier alpha value is -2.09. The second kappa shape index (κ2) is 13.5. The molecule has 0 saturated heterocycles. The molecule has 1 aliphatic rings. The van der Waals surface area contributed by atoms with Crippen molar-refractivity contribution in [1.82, 2.24) is 15.2 Å². The van der Waals surface area contributed by atoms with E-state index in [4.69, 9.17) is 11.6 Å². The molecule has 2 atom stereocenters. The number of ketones is 2. The standard InChI is InChI=1S/C28H38ClN3O3S/c1-18(17-32(3)4)25(34)13-12-23(20-8-6-5-7-9-20)31-28(35)21(14-19(2)33)15-27-30-24-11-10-22(29)16-26(24)36-27/h10-11,16,20-21,23H,1,5-9,12-15,17H2,2-4H3,(H,31,35)/t21-,23+/m0/s1. The van der Waals surface area contributed by atoms with Gasteiger partial charge in [0.05, 0.1) is 21.1 Å². The maximum atomic E-state index is 13.5. The maximum Gasteiger partial charge on any atom is 0.224 e. The number of benzene rings is 1. The molecule has 0 bridgehead atoms. The smallest absolute Gasteiger partial charge is 0.224 e. The van der Waals surface area contributed by atoms with Crippen LogP contribution in [0.1, 0.15) is 63.3 Å². The predicted molar refractivity (Wildman–Crippen MR) is 148 cm³/mol. The van der Waals surface area contributed by atoms with Crippen molar-refractivity contribution >= 4 is 50.6 Å². The van der Waals surface area contributed by atoms with Crippen LogP contribution < -0.4 is 5.32 Å². The molecular weight excluding hydrogens is 494 g/mol. The van der Waals surface area contributed by atoms with Crippen LogP contribution in [0.4, 0.5) is 0 Å². The minimum Gasteiger partial charge on any atom is -0.353 e. The number of rotatable bonds is 13. The first-order valence-corrected chi connectivity index (χ1v) is 14.0. The van der Waals surface area contributed by atoms with Gasteiger partial charge in [0.2, 0.25) is 5.91 Å². The van der Waals surface area contributed by atoms with E-state index in [1.807, 2.05) is 31.1 Å². The van der Waals surface area contributed by atoms with E-state index in [1.165, 1.54) is 24.7 Å². The third-order valence-electron chi connectivity index (χ3n) is 6.85. The molecule has 196 valence electrons. The van der Waals surface area contributed by atoms with Crippen LogP contribution in [0.3, 0.4) is 0 Å². The molecule has 36 heavy (non-hydrogen) atoms. The quantitative estimate of drug-likeness (QED) is 0.339. The fraction of sp³-hybridized carbons (Fsp3) is 0.571. The van der Waals surface area contributed by atoms with Crippen molar-refractivity contribution in [3.8, 4) is 0 Å². The van der Waals surface area contributed by atoms with E-state index in [9.17, 15) is 14.4 Å². The van der Waals surface area contributed by atoms with Crippen molar-refractivity contribution in [1.29, 1.82) is 0 Å². The molecule has 1 aliphatic carbocycles. The van der Waals surface area contributed by atoms with Gasteiger partial charge < -0.3 is 15.0 Å². The van der Waals surface area contributed by atoms with Crippen LogP contribution in [0, 0.1) is 11.8 Å². The van der Waals surface area contributed by atoms with Crippen LogP contribution in [-0.4, -0.2) is 54.0 Å². The van der Waals surface area contributed by atoms with Gasteiger partial charge in [0, 0.05) is 42.4 Å². The molecule has 3 rings (SSSR count). The lowest BCUT2D eigenvalue weighted by Gasteiger charge is -2.32. The molecule has 1 amide bonds. The molecule has 0 spiro atoms. The van der Waals surface area contributed by atoms with Gasteiger partial charge in [0.25, 0.3) is 0 Å². The monoisotopic (exact) mass is 531 g/mol. The van der Waals surface area contributed by atoms with Gasteiger partial charge in [-0.15, -0.1) is 11.3 Å². The zero-order valence-corrected chi connectivity index (χ0v) is 23.2. The van der Waals surface area contributed by atoms with Crippen molar-refractivity contribution in [3.05, 3.63) is 40.4 Å². The number of halogens is 1. The van der Waals surface area contributed by atoms with Crippen molar-refractivity contribution < 1.29 is 14.4 Å². The Morgan fingerprint density at radius 3 is 2.61 bits per heavy atom. The average Bonchev–Trinajstić information content (AvgIpc) is 3.22. The Bertz CT molecular complexity index is 1090. The second-order valence-corrected chi connectivity index (χ2v) is 11.9. The molecule has 2 aromatic rings. The summed E-state index contributed by atoms with van der Waals surface area (Å²) in [4.78, 5) is 44.9. The van der Waals surface area contributed by atoms with Crippen molar-refractivity contribution in [2.75, 3.05) is 20.6 Å². The zero-order valence-electron chi connectivity index (χ0n) is 21.6. The molecule has 1 N–H and O–H groups in total. The number of nitrogens with one attached hydrogen (secondary N) is 1. The Morgan fingerprint density at radius 2 is 1.94 bits per heavy atom. The minimum absolute atomic E-state index is 0.0244. The third kappa shape index (κ3) is 8.49. The molecule has 1 aromatic heterocycles. The van der Waals surface area contributed by atoms with E-state index in [0.717, 1.165) is 40.9 Å². The van der Waals surface area contributed by atoms with Crippen LogP contribution in [0.2, 0.25) is 5.02 Å². The van der Waals surface area contributed by atoms with Crippen LogP contribution in [0.25, 0.3) is 10.2 Å². The number of carbonyl (C=O) groups is 3. The fourth-order valence-electron chi connectivity index (χ4n) is 5.04. The first-order valence-electron chi connectivity index (χ1n) is 12.8. The summed E-state index contributed by atoms with van der Waals surface area (Å²) in [7, 11) is 3.83. The van der Waals surface area contributed by atoms with Gasteiger partial charge >= 0.3 is 0 Å². The molecule has 1 saturated carbocycles. The van der Waals surface area contributed by atoms with Crippen LogP contribution in [0.15, 0.2) is 30.4 Å². The molecule has 6 nitrogen and oxygen atoms in total. The lowest BCUT2D eigenvalue weighted by atomic mass is 9.81. The molecule has 0 radical (unpaired) electrons. The molecule has 1 aromatic carbocycles. The van der Waals surface area contributed by atoms with Crippen LogP contribution in [-0.2, 0) is 20.8 Å². The summed E-state index contributed by atoms with van der Waals surface area (Å²) >= 11 is 7.63. The first kappa shape index (κ1) is 28.5. The van der Waals surface area contributed by atoms with E-state index < -0.39 is 5.92 Å². The maximum absolute atomic E-state index is 13.5. The van der Waals surface area contributed by atoms with Gasteiger partial charge in [-0.1, -0.05) is 37.4 Å². The summed E-state index contributed by atoms with van der Waals surface area (Å²) < 4.78 is 0.969. The summed E-state index contributed by atoms with van der Waals surface area (Å²) in [5, 5.41) is 4.73. The Kier molecular flexibility index (Phi) is 10.6. The van der Waals surface area contributed by atoms with E-state index in [1.54, 1.807) is 6.07 Å². The highest BCUT2D eigenvalue weighted by Gasteiger charge is 2.30. The summed E-state index contributed by atoms with van der Waals surface area (Å²) in [5.41, 5.74) is 1.44. The number of hydrogen-bond acceptors (Lipinski definition) is 6. The topological polar surface area (TPSA) is 79.4 Å². The predicted octanol–water partition coefficient (Wildman–Crippen LogP) is 5.62. The first-order chi connectivity index (χ1) is 17.1. The summed E-state index contributed by atoms with van der Waals surface area (Å²) in [6.07, 6.45) is 7.12. The number of aromatic nitrogens is 1. The van der Waals surface area contributed by atoms with Gasteiger partial charge in [-0.25, -0.2) is 4.98 Å². The summed E-state index contributed by atoms with van der Waals surface area (Å²) in [6.45, 7) is 6.00. The Morgan fingerprint density at radius 1 is 1.22 bits per heavy atom. The number of amides is 1. The highest BCUT2D eigenvalue weighted by molar-refractivity contribution is 7.18. The molecule has 0 unspecified atom stereocenters. The summed E-state index contributed by atoms with van der Waals surface area (Å²) in [5.74, 6) is -0.252. The highest BCUT2D eigenvalue weighted by Crippen LogP contribution is 2.30. The molecule has 1 fully saturated rings. The number of thiazole rings is 1. The Labute approximate surface area is 223 Å². The van der Waals surface area contributed by atoms with E-state index in [2.05, 4.69) is 16.9 Å². The number of likely N-dealkylation sites (N-methyl/N-ethyl adjacent to an activating group) is 1. The number of nitrogens with zero attached hydrogens (tertiary/aromatic N) is 2. The van der Waals surface area contributed by atoms with Gasteiger partial charge in [0.1, 0.15) is 5.78 Å². The molecular formula is C28H38ClN3O3S. The Balaban J connectivity index is 1.72. The number of fused-ring (bicyclic) bond motifs is 1. The van der Waals surface area contributed by atoms with Gasteiger partial charge in [-0.3, -0.25) is 9.59 Å². The van der Waals surface area contributed by atoms with Crippen molar-refractivity contribution in [3.63, 3.8) is 0 Å². The summed E-state index contributed by atoms with van der Waals surface area (Å²) in [6, 6.07) is 5.46. The molecule has 0 aliphatic heterocycles. The minimum atomic E-state index is -0.496. The average molecular weight is 532 g/mol. The van der Waals surface area contributed by atoms with E-state index >= 15 is 0 Å². The van der Waals surface area contributed by atoms with Crippen LogP contribution in [0.5, 0.6) is 0 Å². The van der Waals surface area contributed by atoms with Gasteiger partial charge in [-0.2, -0.15) is 0 Å². The van der Waals surface area contributed by atoms with E-state index in [0.29, 0.717) is 42.3 Å². The normalized spacial score (nSPS) is 16.1. The molecule has 1 heterocycles. The third-order valence-corrected chi connectivity index (χ3v) is 8.13. The second-order valence-electron chi connectivity index (χ2n) is 10.3. The lowest BCUT2D eigenvalue weighted by Crippen LogP contribution is -2.45. The van der Waals surface area contributed by atoms with Crippen molar-refractivity contribution in [2.24, 2.45) is 11.8 Å². The van der Waals surface area contributed by atoms with Gasteiger partial charge in [0.15, 0.2) is 5.78 Å². The number of hydrogen-bond donors (Lipinski definition) is 1. The largest absolute Gasteiger partial charge is 0.353 e. The van der Waals surface area contributed by atoms with Crippen LogP contribution >= 0.6 is 22.9 Å². The van der Waals surface area contributed by atoms with Crippen molar-refractivity contribution in [2.45, 2.75) is 70.8 Å². The lowest BCUT2D eigenvalue weighted by molar-refractivity contribution is -0.130. The molecule has 8 heteroatoms. The zero-order chi connectivity index (χ0) is 26.2. The number of carbonyl (C=O) groups excluding carboxylic acids is 3. The van der Waals surface area contributed by atoms with E-state index in [-0.39, 0.29) is 29.9 Å².